The molecule has 0 saturated carbocycles. The summed E-state index contributed by atoms with van der Waals surface area (Å²) in [5.41, 5.74) is 0. The summed E-state index contributed by atoms with van der Waals surface area (Å²) < 4.78 is 29.0. The first-order valence-corrected chi connectivity index (χ1v) is 6.40. The molecule has 1 aliphatic rings. The monoisotopic (exact) mass is 238 g/mol. The van der Waals surface area contributed by atoms with Crippen LogP contribution in [0.3, 0.4) is 0 Å². The number of piperazine rings is 1. The van der Waals surface area contributed by atoms with Crippen molar-refractivity contribution in [2.75, 3.05) is 32.8 Å². The molecule has 7 heteroatoms. The highest BCUT2D eigenvalue weighted by atomic mass is 32.2. The maximum absolute atomic E-state index is 11.5. The number of hydrogen-bond donors (Lipinski definition) is 1. The van der Waals surface area contributed by atoms with Crippen LogP contribution in [-0.2, 0) is 14.5 Å². The second-order valence-corrected chi connectivity index (χ2v) is 5.04. The van der Waals surface area contributed by atoms with Crippen molar-refractivity contribution in [2.45, 2.75) is 20.1 Å². The number of rotatable bonds is 4. The van der Waals surface area contributed by atoms with Gasteiger partial charge in [-0.15, -0.1) is 0 Å². The summed E-state index contributed by atoms with van der Waals surface area (Å²) >= 11 is 0. The zero-order valence-electron chi connectivity index (χ0n) is 9.09. The van der Waals surface area contributed by atoms with Crippen LogP contribution in [0.2, 0.25) is 0 Å². The molecular formula is C8H18N2O4S. The van der Waals surface area contributed by atoms with Crippen molar-refractivity contribution in [2.24, 2.45) is 0 Å². The quantitative estimate of drug-likeness (QED) is 0.696. The van der Waals surface area contributed by atoms with Crippen LogP contribution in [-0.4, -0.2) is 61.7 Å². The van der Waals surface area contributed by atoms with Gasteiger partial charge in [0.2, 0.25) is 0 Å². The molecule has 1 aliphatic heterocycles. The van der Waals surface area contributed by atoms with Gasteiger partial charge in [-0.25, -0.2) is 0 Å². The van der Waals surface area contributed by atoms with E-state index in [9.17, 15) is 13.5 Å². The molecule has 0 aromatic heterocycles. The zero-order valence-corrected chi connectivity index (χ0v) is 9.90. The van der Waals surface area contributed by atoms with Crippen LogP contribution in [0.4, 0.5) is 0 Å². The molecule has 0 bridgehead atoms. The van der Waals surface area contributed by atoms with Gasteiger partial charge < -0.3 is 5.11 Å². The number of nitrogens with zero attached hydrogens (tertiary/aromatic N) is 2. The van der Waals surface area contributed by atoms with E-state index in [1.54, 1.807) is 13.8 Å². The molecule has 1 heterocycles. The Hall–Kier alpha value is -0.210. The van der Waals surface area contributed by atoms with Crippen LogP contribution in [0.5, 0.6) is 0 Å². The second kappa shape index (κ2) is 5.22. The molecule has 1 rings (SSSR count). The lowest BCUT2D eigenvalue weighted by atomic mass is 10.3. The van der Waals surface area contributed by atoms with E-state index >= 15 is 0 Å². The molecule has 0 aliphatic carbocycles. The van der Waals surface area contributed by atoms with Gasteiger partial charge in [-0.3, -0.25) is 9.08 Å². The average Bonchev–Trinajstić information content (AvgIpc) is 2.18. The maximum atomic E-state index is 11.5. The molecule has 6 nitrogen and oxygen atoms in total. The van der Waals surface area contributed by atoms with Gasteiger partial charge in [-0.1, -0.05) is 0 Å². The lowest BCUT2D eigenvalue weighted by molar-refractivity contribution is -0.00171. The van der Waals surface area contributed by atoms with Crippen LogP contribution < -0.4 is 0 Å². The third kappa shape index (κ3) is 3.39. The van der Waals surface area contributed by atoms with E-state index in [0.717, 1.165) is 0 Å². The Labute approximate surface area is 90.7 Å². The van der Waals surface area contributed by atoms with E-state index in [1.165, 1.54) is 4.31 Å². The first-order chi connectivity index (χ1) is 6.97. The Balaban J connectivity index is 2.50. The smallest absolute Gasteiger partial charge is 0.338 e. The first-order valence-electron chi connectivity index (χ1n) is 5.04. The predicted molar refractivity (Wildman–Crippen MR) is 55.4 cm³/mol. The van der Waals surface area contributed by atoms with Crippen molar-refractivity contribution in [3.8, 4) is 0 Å². The third-order valence-electron chi connectivity index (χ3n) is 2.38. The van der Waals surface area contributed by atoms with Gasteiger partial charge >= 0.3 is 10.3 Å². The van der Waals surface area contributed by atoms with E-state index in [0.29, 0.717) is 26.2 Å². The normalized spacial score (nSPS) is 22.9. The fraction of sp³-hybridized carbons (Fsp3) is 1.00. The van der Waals surface area contributed by atoms with Crippen LogP contribution in [0.1, 0.15) is 13.8 Å². The van der Waals surface area contributed by atoms with Gasteiger partial charge in [0.05, 0.1) is 6.61 Å². The minimum absolute atomic E-state index is 0.152. The Morgan fingerprint density at radius 1 is 1.33 bits per heavy atom. The summed E-state index contributed by atoms with van der Waals surface area (Å²) in [6.07, 6.45) is -0.526. The molecule has 0 amide bonds. The topological polar surface area (TPSA) is 70.1 Å². The fourth-order valence-corrected chi connectivity index (χ4v) is 2.58. The Bertz CT molecular complexity index is 283. The molecule has 1 fully saturated rings. The summed E-state index contributed by atoms with van der Waals surface area (Å²) in [7, 11) is -3.56. The Morgan fingerprint density at radius 2 is 1.87 bits per heavy atom. The molecule has 0 aromatic rings. The van der Waals surface area contributed by atoms with Crippen molar-refractivity contribution in [1.82, 2.24) is 9.21 Å². The minimum Gasteiger partial charge on any atom is -0.379 e. The zero-order chi connectivity index (χ0) is 11.5. The van der Waals surface area contributed by atoms with Crippen LogP contribution in [0.25, 0.3) is 0 Å². The highest BCUT2D eigenvalue weighted by Gasteiger charge is 2.28. The largest absolute Gasteiger partial charge is 0.379 e. The van der Waals surface area contributed by atoms with Crippen molar-refractivity contribution in [3.05, 3.63) is 0 Å². The predicted octanol–water partition coefficient (Wildman–Crippen LogP) is -0.776. The summed E-state index contributed by atoms with van der Waals surface area (Å²) in [4.78, 5) is 1.82. The summed E-state index contributed by atoms with van der Waals surface area (Å²) in [6, 6.07) is 0. The number of hydrogen-bond acceptors (Lipinski definition) is 5. The van der Waals surface area contributed by atoms with E-state index in [1.807, 2.05) is 4.90 Å². The fourth-order valence-electron chi connectivity index (χ4n) is 1.52. The number of aliphatic hydroxyl groups is 1. The van der Waals surface area contributed by atoms with Crippen molar-refractivity contribution < 1.29 is 17.7 Å². The van der Waals surface area contributed by atoms with E-state index < -0.39 is 16.5 Å². The molecule has 15 heavy (non-hydrogen) atoms. The van der Waals surface area contributed by atoms with Gasteiger partial charge in [-0.2, -0.15) is 12.7 Å². The Morgan fingerprint density at radius 3 is 2.27 bits per heavy atom. The molecule has 1 atom stereocenters. The molecule has 0 radical (unpaired) electrons. The third-order valence-corrected chi connectivity index (χ3v) is 3.92. The van der Waals surface area contributed by atoms with E-state index in [2.05, 4.69) is 4.18 Å². The van der Waals surface area contributed by atoms with Gasteiger partial charge in [-0.05, 0) is 13.8 Å². The summed E-state index contributed by atoms with van der Waals surface area (Å²) in [5.74, 6) is 0. The van der Waals surface area contributed by atoms with Crippen molar-refractivity contribution >= 4 is 10.3 Å². The van der Waals surface area contributed by atoms with Crippen LogP contribution in [0, 0.1) is 0 Å². The van der Waals surface area contributed by atoms with E-state index in [-0.39, 0.29) is 6.61 Å². The van der Waals surface area contributed by atoms with Gasteiger partial charge in [0.1, 0.15) is 6.23 Å². The maximum Gasteiger partial charge on any atom is 0.338 e. The van der Waals surface area contributed by atoms with Gasteiger partial charge in [0, 0.05) is 26.2 Å². The highest BCUT2D eigenvalue weighted by molar-refractivity contribution is 7.84. The van der Waals surface area contributed by atoms with E-state index in [4.69, 9.17) is 0 Å². The van der Waals surface area contributed by atoms with Crippen LogP contribution >= 0.6 is 0 Å². The first kappa shape index (κ1) is 12.9. The standard InChI is InChI=1S/C8H18N2O4S/c1-3-14-15(12,13)10-6-4-9(5-7-10)8(2)11/h8,11H,3-7H2,1-2H3. The average molecular weight is 238 g/mol. The van der Waals surface area contributed by atoms with Crippen molar-refractivity contribution in [1.29, 1.82) is 0 Å². The summed E-state index contributed by atoms with van der Waals surface area (Å²) in [5, 5.41) is 9.30. The molecule has 0 aromatic carbocycles. The molecule has 1 unspecified atom stereocenters. The van der Waals surface area contributed by atoms with Crippen LogP contribution in [0.15, 0.2) is 0 Å². The number of aliphatic hydroxyl groups excluding tert-OH is 1. The Kier molecular flexibility index (Phi) is 4.47. The minimum atomic E-state index is -3.56. The lowest BCUT2D eigenvalue weighted by Crippen LogP contribution is -2.51. The molecule has 90 valence electrons. The second-order valence-electron chi connectivity index (χ2n) is 3.43. The molecule has 1 saturated heterocycles. The molecule has 1 N–H and O–H groups in total. The summed E-state index contributed by atoms with van der Waals surface area (Å²) in [6.45, 7) is 5.27. The van der Waals surface area contributed by atoms with Gasteiger partial charge in [0.15, 0.2) is 0 Å². The van der Waals surface area contributed by atoms with Crippen molar-refractivity contribution in [3.63, 3.8) is 0 Å². The highest BCUT2D eigenvalue weighted by Crippen LogP contribution is 2.10. The van der Waals surface area contributed by atoms with Gasteiger partial charge in [0.25, 0.3) is 0 Å². The molecule has 0 spiro atoms. The molecular weight excluding hydrogens is 220 g/mol. The lowest BCUT2D eigenvalue weighted by Gasteiger charge is -2.34. The SMILES string of the molecule is CCOS(=O)(=O)N1CCN(C(C)O)CC1.